The average molecular weight is 334 g/mol. The molecule has 1 heterocycles. The Kier molecular flexibility index (Phi) is 5.37. The molecule has 1 rings (SSSR count). The summed E-state index contributed by atoms with van der Waals surface area (Å²) in [6, 6.07) is 1.66. The number of rotatable bonds is 4. The number of aromatic nitrogens is 2. The molecule has 0 spiro atoms. The van der Waals surface area contributed by atoms with Gasteiger partial charge in [-0.1, -0.05) is 0 Å². The van der Waals surface area contributed by atoms with Crippen molar-refractivity contribution in [2.75, 3.05) is 6.54 Å². The third-order valence-electron chi connectivity index (χ3n) is 2.30. The Labute approximate surface area is 121 Å². The molecule has 19 heavy (non-hydrogen) atoms. The Morgan fingerprint density at radius 1 is 1.63 bits per heavy atom. The normalized spacial score (nSPS) is 13.2. The minimum absolute atomic E-state index is 0.0824. The topological polar surface area (TPSA) is 76.4 Å². The van der Waals surface area contributed by atoms with Crippen LogP contribution in [0.4, 0.5) is 4.79 Å². The van der Waals surface area contributed by atoms with Crippen LogP contribution in [0.1, 0.15) is 39.4 Å². The molecule has 0 aliphatic rings. The van der Waals surface area contributed by atoms with Crippen LogP contribution < -0.4 is 5.32 Å². The van der Waals surface area contributed by atoms with Crippen LogP contribution in [0.15, 0.2) is 10.7 Å². The summed E-state index contributed by atoms with van der Waals surface area (Å²) in [5.74, 6) is 0. The van der Waals surface area contributed by atoms with Gasteiger partial charge in [-0.2, -0.15) is 5.10 Å². The third-order valence-corrected chi connectivity index (χ3v) is 2.69. The number of aliphatic hydroxyl groups is 1. The molecule has 1 aromatic rings. The first-order valence-electron chi connectivity index (χ1n) is 6.04. The summed E-state index contributed by atoms with van der Waals surface area (Å²) in [6.07, 6.45) is -0.462. The number of alkyl carbamates (subject to hydrolysis) is 1. The minimum atomic E-state index is -0.516. The molecule has 108 valence electrons. The van der Waals surface area contributed by atoms with Crippen LogP contribution in [0.3, 0.4) is 0 Å². The fourth-order valence-electron chi connectivity index (χ4n) is 1.53. The van der Waals surface area contributed by atoms with E-state index in [-0.39, 0.29) is 12.6 Å². The van der Waals surface area contributed by atoms with Gasteiger partial charge >= 0.3 is 6.09 Å². The zero-order valence-corrected chi connectivity index (χ0v) is 13.2. The Balaban J connectivity index is 2.55. The van der Waals surface area contributed by atoms with Crippen molar-refractivity contribution in [3.63, 3.8) is 0 Å². The number of nitrogens with zero attached hydrogens (tertiary/aromatic N) is 2. The molecule has 1 aromatic heterocycles. The van der Waals surface area contributed by atoms with E-state index in [1.54, 1.807) is 10.7 Å². The predicted molar refractivity (Wildman–Crippen MR) is 74.8 cm³/mol. The molecule has 1 atom stereocenters. The van der Waals surface area contributed by atoms with Gasteiger partial charge in [0, 0.05) is 6.54 Å². The first-order valence-corrected chi connectivity index (χ1v) is 6.84. The number of amides is 1. The number of hydrogen-bond acceptors (Lipinski definition) is 4. The Hall–Kier alpha value is -1.08. The fourth-order valence-corrected chi connectivity index (χ4v) is 1.97. The summed E-state index contributed by atoms with van der Waals surface area (Å²) in [5.41, 5.74) is 0.170. The molecule has 0 aliphatic carbocycles. The largest absolute Gasteiger partial charge is 0.444 e. The van der Waals surface area contributed by atoms with E-state index in [4.69, 9.17) is 4.74 Å². The van der Waals surface area contributed by atoms with Crippen LogP contribution in [-0.2, 0) is 11.3 Å². The standard InChI is InChI=1S/C12H20BrN3O3/c1-8(6-14-11(18)19-12(2,3)4)16-9(7-17)5-10(13)15-16/h5,8,17H,6-7H2,1-4H3,(H,14,18)/t8-/m1/s1. The molecule has 0 radical (unpaired) electrons. The van der Waals surface area contributed by atoms with Gasteiger partial charge < -0.3 is 15.2 Å². The fraction of sp³-hybridized carbons (Fsp3) is 0.667. The third kappa shape index (κ3) is 5.20. The maximum Gasteiger partial charge on any atom is 0.407 e. The molecular weight excluding hydrogens is 314 g/mol. The van der Waals surface area contributed by atoms with Gasteiger partial charge in [0.2, 0.25) is 0 Å². The van der Waals surface area contributed by atoms with Gasteiger partial charge in [0.25, 0.3) is 0 Å². The van der Waals surface area contributed by atoms with Crippen LogP contribution in [0.2, 0.25) is 0 Å². The highest BCUT2D eigenvalue weighted by atomic mass is 79.9. The highest BCUT2D eigenvalue weighted by Crippen LogP contribution is 2.15. The lowest BCUT2D eigenvalue weighted by Gasteiger charge is -2.21. The lowest BCUT2D eigenvalue weighted by Crippen LogP contribution is -2.35. The van der Waals surface area contributed by atoms with Gasteiger partial charge in [0.1, 0.15) is 10.2 Å². The first kappa shape index (κ1) is 16.0. The van der Waals surface area contributed by atoms with Gasteiger partial charge in [-0.05, 0) is 49.7 Å². The number of hydrogen-bond donors (Lipinski definition) is 2. The molecular formula is C12H20BrN3O3. The van der Waals surface area contributed by atoms with E-state index in [0.717, 1.165) is 0 Å². The molecule has 0 aromatic carbocycles. The quantitative estimate of drug-likeness (QED) is 0.885. The molecule has 0 saturated heterocycles. The molecule has 7 heteroatoms. The molecule has 0 unspecified atom stereocenters. The summed E-state index contributed by atoms with van der Waals surface area (Å²) in [7, 11) is 0. The summed E-state index contributed by atoms with van der Waals surface area (Å²) in [5, 5.41) is 16.1. The van der Waals surface area contributed by atoms with E-state index in [2.05, 4.69) is 26.3 Å². The zero-order chi connectivity index (χ0) is 14.6. The van der Waals surface area contributed by atoms with Gasteiger partial charge in [0.15, 0.2) is 0 Å². The maximum absolute atomic E-state index is 11.5. The van der Waals surface area contributed by atoms with Crippen molar-refractivity contribution >= 4 is 22.0 Å². The van der Waals surface area contributed by atoms with E-state index in [0.29, 0.717) is 16.8 Å². The lowest BCUT2D eigenvalue weighted by molar-refractivity contribution is 0.0520. The molecule has 0 aliphatic heterocycles. The number of ether oxygens (including phenoxy) is 1. The van der Waals surface area contributed by atoms with Crippen LogP contribution in [0.5, 0.6) is 0 Å². The van der Waals surface area contributed by atoms with E-state index in [9.17, 15) is 9.90 Å². The van der Waals surface area contributed by atoms with Gasteiger partial charge in [-0.3, -0.25) is 4.68 Å². The van der Waals surface area contributed by atoms with Crippen molar-refractivity contribution < 1.29 is 14.6 Å². The van der Waals surface area contributed by atoms with Gasteiger partial charge in [-0.25, -0.2) is 4.79 Å². The summed E-state index contributed by atoms with van der Waals surface area (Å²) < 4.78 is 7.47. The second-order valence-corrected chi connectivity index (χ2v) is 6.11. The molecule has 1 amide bonds. The van der Waals surface area contributed by atoms with Crippen molar-refractivity contribution in [1.29, 1.82) is 0 Å². The molecule has 6 nitrogen and oxygen atoms in total. The summed E-state index contributed by atoms with van der Waals surface area (Å²) in [4.78, 5) is 11.5. The van der Waals surface area contributed by atoms with Crippen molar-refractivity contribution in [3.8, 4) is 0 Å². The van der Waals surface area contributed by atoms with Crippen molar-refractivity contribution in [3.05, 3.63) is 16.4 Å². The highest BCUT2D eigenvalue weighted by Gasteiger charge is 2.18. The van der Waals surface area contributed by atoms with Gasteiger partial charge in [0.05, 0.1) is 18.3 Å². The van der Waals surface area contributed by atoms with Crippen LogP contribution in [0.25, 0.3) is 0 Å². The first-order chi connectivity index (χ1) is 8.73. The average Bonchev–Trinajstić information content (AvgIpc) is 2.65. The second kappa shape index (κ2) is 6.38. The molecule has 2 N–H and O–H groups in total. The van der Waals surface area contributed by atoms with E-state index in [1.165, 1.54) is 0 Å². The number of halogens is 1. The number of carbonyl (C=O) groups excluding carboxylic acids is 1. The Bertz CT molecular complexity index is 440. The van der Waals surface area contributed by atoms with Gasteiger partial charge in [-0.15, -0.1) is 0 Å². The van der Waals surface area contributed by atoms with Crippen LogP contribution in [-0.4, -0.2) is 33.1 Å². The highest BCUT2D eigenvalue weighted by molar-refractivity contribution is 9.10. The van der Waals surface area contributed by atoms with E-state index < -0.39 is 11.7 Å². The lowest BCUT2D eigenvalue weighted by atomic mass is 10.2. The van der Waals surface area contributed by atoms with E-state index in [1.807, 2.05) is 27.7 Å². The van der Waals surface area contributed by atoms with Crippen molar-refractivity contribution in [1.82, 2.24) is 15.1 Å². The van der Waals surface area contributed by atoms with Crippen molar-refractivity contribution in [2.24, 2.45) is 0 Å². The number of aliphatic hydroxyl groups excluding tert-OH is 1. The number of carbonyl (C=O) groups is 1. The zero-order valence-electron chi connectivity index (χ0n) is 11.6. The van der Waals surface area contributed by atoms with Crippen LogP contribution >= 0.6 is 15.9 Å². The maximum atomic E-state index is 11.5. The second-order valence-electron chi connectivity index (χ2n) is 5.29. The molecule has 0 saturated carbocycles. The minimum Gasteiger partial charge on any atom is -0.444 e. The predicted octanol–water partition coefficient (Wildman–Crippen LogP) is 2.22. The Morgan fingerprint density at radius 2 is 2.26 bits per heavy atom. The van der Waals surface area contributed by atoms with E-state index >= 15 is 0 Å². The van der Waals surface area contributed by atoms with Crippen LogP contribution in [0, 0.1) is 0 Å². The molecule has 0 bridgehead atoms. The summed E-state index contributed by atoms with van der Waals surface area (Å²) in [6.45, 7) is 7.60. The SMILES string of the molecule is C[C@H](CNC(=O)OC(C)(C)C)n1nc(Br)cc1CO. The smallest absolute Gasteiger partial charge is 0.407 e. The van der Waals surface area contributed by atoms with Crippen molar-refractivity contribution in [2.45, 2.75) is 45.9 Å². The monoisotopic (exact) mass is 333 g/mol. The Morgan fingerprint density at radius 3 is 2.79 bits per heavy atom. The number of nitrogens with one attached hydrogen (secondary N) is 1. The summed E-state index contributed by atoms with van der Waals surface area (Å²) >= 11 is 3.26. The molecule has 0 fully saturated rings.